The molecule has 0 N–H and O–H groups in total. The van der Waals surface area contributed by atoms with Gasteiger partial charge in [0.15, 0.2) is 0 Å². The number of pyridine rings is 1. The lowest BCUT2D eigenvalue weighted by Crippen LogP contribution is -2.05. The van der Waals surface area contributed by atoms with E-state index in [0.29, 0.717) is 0 Å². The Bertz CT molecular complexity index is 609. The Kier molecular flexibility index (Phi) is 2.86. The fourth-order valence-electron chi connectivity index (χ4n) is 1.35. The molecule has 1 aromatic carbocycles. The van der Waals surface area contributed by atoms with E-state index < -0.39 is 10.1 Å². The van der Waals surface area contributed by atoms with E-state index in [2.05, 4.69) is 14.2 Å². The molecule has 0 aliphatic rings. The normalized spacial score (nSPS) is 11.8. The van der Waals surface area contributed by atoms with E-state index in [1.165, 1.54) is 12.1 Å². The van der Waals surface area contributed by atoms with Gasteiger partial charge in [0.1, 0.15) is 0 Å². The minimum Gasteiger partial charge on any atom is -0.264 e. The van der Waals surface area contributed by atoms with Gasteiger partial charge in [0.25, 0.3) is 0 Å². The number of hydrogen-bond donors (Lipinski definition) is 0. The third-order valence-corrected chi connectivity index (χ3v) is 3.20. The first-order chi connectivity index (χ1) is 7.63. The van der Waals surface area contributed by atoms with Crippen LogP contribution < -0.4 is 0 Å². The molecule has 1 heterocycles. The smallest absolute Gasteiger partial charge is 0.264 e. The number of nitrogens with zero attached hydrogens (tertiary/aromatic N) is 1. The van der Waals surface area contributed by atoms with Gasteiger partial charge in [-0.3, -0.25) is 4.98 Å². The summed E-state index contributed by atoms with van der Waals surface area (Å²) in [5.74, 6) is 0. The highest BCUT2D eigenvalue weighted by Gasteiger charge is 2.15. The number of aromatic nitrogens is 1. The third kappa shape index (κ3) is 2.04. The molecule has 0 fully saturated rings. The van der Waals surface area contributed by atoms with Crippen LogP contribution in [-0.4, -0.2) is 20.5 Å². The molecule has 0 aliphatic heterocycles. The zero-order valence-electron chi connectivity index (χ0n) is 8.45. The molecule has 2 rings (SSSR count). The highest BCUT2D eigenvalue weighted by molar-refractivity contribution is 7.86. The van der Waals surface area contributed by atoms with Crippen LogP contribution in [0.15, 0.2) is 41.6 Å². The number of fused-ring (bicyclic) bond motifs is 1. The Morgan fingerprint density at radius 2 is 2.00 bits per heavy atom. The summed E-state index contributed by atoms with van der Waals surface area (Å²) in [6.45, 7) is 0. The Balaban J connectivity index is 2.55. The summed E-state index contributed by atoms with van der Waals surface area (Å²) in [6, 6.07) is 6.42. The summed E-state index contributed by atoms with van der Waals surface area (Å²) in [5.41, 5.74) is 0. The summed E-state index contributed by atoms with van der Waals surface area (Å²) in [7, 11) is -2.71. The van der Waals surface area contributed by atoms with Crippen molar-refractivity contribution in [2.75, 3.05) is 7.11 Å². The predicted molar refractivity (Wildman–Crippen MR) is 57.0 cm³/mol. The van der Waals surface area contributed by atoms with Gasteiger partial charge in [0.2, 0.25) is 0 Å². The molecule has 16 heavy (non-hydrogen) atoms. The lowest BCUT2D eigenvalue weighted by atomic mass is 10.2. The molecule has 0 aliphatic carbocycles. The van der Waals surface area contributed by atoms with Gasteiger partial charge in [-0.2, -0.15) is 8.42 Å². The molecule has 1 aromatic heterocycles. The second-order valence-electron chi connectivity index (χ2n) is 3.07. The van der Waals surface area contributed by atoms with Crippen molar-refractivity contribution < 1.29 is 17.6 Å². The van der Waals surface area contributed by atoms with E-state index in [1.807, 2.05) is 0 Å². The standard InChI is InChI=1S/C10H9NO4S/c1-14-15-16(12,13)10-3-2-8-4-5-11-7-9(8)6-10/h2-7H,1H3. The molecule has 2 aromatic rings. The Morgan fingerprint density at radius 1 is 1.19 bits per heavy atom. The minimum absolute atomic E-state index is 0.0369. The van der Waals surface area contributed by atoms with Crippen LogP contribution in [0.4, 0.5) is 0 Å². The van der Waals surface area contributed by atoms with E-state index in [0.717, 1.165) is 17.9 Å². The summed E-state index contributed by atoms with van der Waals surface area (Å²) in [6.07, 6.45) is 3.23. The molecular formula is C10H9NO4S. The van der Waals surface area contributed by atoms with Crippen molar-refractivity contribution in [3.05, 3.63) is 36.7 Å². The largest absolute Gasteiger partial charge is 0.323 e. The van der Waals surface area contributed by atoms with Gasteiger partial charge in [-0.05, 0) is 23.6 Å². The monoisotopic (exact) mass is 239 g/mol. The fourth-order valence-corrected chi connectivity index (χ4v) is 2.11. The molecule has 0 saturated carbocycles. The van der Waals surface area contributed by atoms with Gasteiger partial charge in [0.05, 0.1) is 12.0 Å². The third-order valence-electron chi connectivity index (χ3n) is 2.06. The van der Waals surface area contributed by atoms with Crippen molar-refractivity contribution in [1.82, 2.24) is 4.98 Å². The highest BCUT2D eigenvalue weighted by Crippen LogP contribution is 2.19. The second kappa shape index (κ2) is 4.17. The Hall–Kier alpha value is -1.50. The summed E-state index contributed by atoms with van der Waals surface area (Å²) in [5, 5.41) is 1.63. The van der Waals surface area contributed by atoms with E-state index in [1.54, 1.807) is 24.5 Å². The molecule has 0 amide bonds. The average molecular weight is 239 g/mol. The lowest BCUT2D eigenvalue weighted by molar-refractivity contribution is -0.172. The first-order valence-corrected chi connectivity index (χ1v) is 5.85. The highest BCUT2D eigenvalue weighted by atomic mass is 32.2. The average Bonchev–Trinajstić information content (AvgIpc) is 2.28. The molecule has 6 heteroatoms. The fraction of sp³-hybridized carbons (Fsp3) is 0.100. The number of benzene rings is 1. The van der Waals surface area contributed by atoms with Crippen molar-refractivity contribution in [3.63, 3.8) is 0 Å². The van der Waals surface area contributed by atoms with Crippen molar-refractivity contribution in [3.8, 4) is 0 Å². The maximum Gasteiger partial charge on any atom is 0.323 e. The molecular weight excluding hydrogens is 230 g/mol. The molecule has 5 nitrogen and oxygen atoms in total. The summed E-state index contributed by atoms with van der Waals surface area (Å²) in [4.78, 5) is 8.12. The van der Waals surface area contributed by atoms with Crippen molar-refractivity contribution in [2.24, 2.45) is 0 Å². The van der Waals surface area contributed by atoms with Crippen molar-refractivity contribution >= 4 is 20.9 Å². The van der Waals surface area contributed by atoms with E-state index >= 15 is 0 Å². The molecule has 0 unspecified atom stereocenters. The van der Waals surface area contributed by atoms with E-state index in [4.69, 9.17) is 0 Å². The SMILES string of the molecule is COOS(=O)(=O)c1ccc2ccncc2c1. The van der Waals surface area contributed by atoms with Crippen molar-refractivity contribution in [1.29, 1.82) is 0 Å². The van der Waals surface area contributed by atoms with Gasteiger partial charge >= 0.3 is 10.1 Å². The summed E-state index contributed by atoms with van der Waals surface area (Å²) < 4.78 is 27.2. The van der Waals surface area contributed by atoms with Gasteiger partial charge in [-0.1, -0.05) is 6.07 Å². The summed E-state index contributed by atoms with van der Waals surface area (Å²) >= 11 is 0. The van der Waals surface area contributed by atoms with Crippen LogP contribution in [0.3, 0.4) is 0 Å². The molecule has 84 valence electrons. The van der Waals surface area contributed by atoms with Crippen LogP contribution in [0.5, 0.6) is 0 Å². The van der Waals surface area contributed by atoms with Crippen LogP contribution >= 0.6 is 0 Å². The van der Waals surface area contributed by atoms with Crippen LogP contribution in [0.2, 0.25) is 0 Å². The van der Waals surface area contributed by atoms with Crippen LogP contribution in [-0.2, 0) is 19.3 Å². The van der Waals surface area contributed by atoms with Gasteiger partial charge in [-0.25, -0.2) is 4.89 Å². The molecule has 0 radical (unpaired) electrons. The Labute approximate surface area is 92.7 Å². The zero-order valence-corrected chi connectivity index (χ0v) is 9.27. The maximum absolute atomic E-state index is 11.5. The first-order valence-electron chi connectivity index (χ1n) is 4.44. The van der Waals surface area contributed by atoms with Gasteiger partial charge < -0.3 is 0 Å². The van der Waals surface area contributed by atoms with Crippen LogP contribution in [0, 0.1) is 0 Å². The number of hydrogen-bond acceptors (Lipinski definition) is 5. The topological polar surface area (TPSA) is 65.5 Å². The van der Waals surface area contributed by atoms with Gasteiger partial charge in [0, 0.05) is 17.8 Å². The quantitative estimate of drug-likeness (QED) is 0.600. The lowest BCUT2D eigenvalue weighted by Gasteiger charge is -2.03. The van der Waals surface area contributed by atoms with Crippen LogP contribution in [0.1, 0.15) is 0 Å². The van der Waals surface area contributed by atoms with Crippen molar-refractivity contribution in [2.45, 2.75) is 4.90 Å². The zero-order chi connectivity index (χ0) is 11.6. The number of rotatable bonds is 3. The molecule has 0 spiro atoms. The van der Waals surface area contributed by atoms with E-state index in [-0.39, 0.29) is 4.90 Å². The Morgan fingerprint density at radius 3 is 2.75 bits per heavy atom. The minimum atomic E-state index is -3.85. The van der Waals surface area contributed by atoms with Gasteiger partial charge in [-0.15, -0.1) is 4.33 Å². The second-order valence-corrected chi connectivity index (χ2v) is 4.59. The predicted octanol–water partition coefficient (Wildman–Crippen LogP) is 1.50. The van der Waals surface area contributed by atoms with Crippen LogP contribution in [0.25, 0.3) is 10.8 Å². The maximum atomic E-state index is 11.5. The molecule has 0 bridgehead atoms. The van der Waals surface area contributed by atoms with E-state index in [9.17, 15) is 8.42 Å². The first kappa shape index (κ1) is 11.0. The molecule has 0 saturated heterocycles. The molecule has 0 atom stereocenters.